The highest BCUT2D eigenvalue weighted by Gasteiger charge is 2.06. The third-order valence-corrected chi connectivity index (χ3v) is 4.55. The number of benzene rings is 2. The van der Waals surface area contributed by atoms with E-state index >= 15 is 0 Å². The van der Waals surface area contributed by atoms with Crippen LogP contribution in [-0.2, 0) is 4.79 Å². The minimum absolute atomic E-state index is 0.0784. The van der Waals surface area contributed by atoms with E-state index < -0.39 is 0 Å². The number of nitrogens with one attached hydrogen (secondary N) is 1. The zero-order valence-corrected chi connectivity index (χ0v) is 16.7. The Bertz CT molecular complexity index is 964. The van der Waals surface area contributed by atoms with Crippen LogP contribution < -0.4 is 10.2 Å². The molecule has 0 aliphatic carbocycles. The quantitative estimate of drug-likeness (QED) is 0.515. The maximum atomic E-state index is 12.0. The number of ether oxygens (including phenoxy) is 1. The Labute approximate surface area is 165 Å². The molecule has 1 amide bonds. The van der Waals surface area contributed by atoms with Gasteiger partial charge in [0.05, 0.1) is 5.71 Å². The first kappa shape index (κ1) is 19.4. The molecule has 0 fully saturated rings. The number of hydrogen-bond donors (Lipinski definition) is 1. The minimum atomic E-state index is -0.296. The number of nitrogens with zero attached hydrogens (tertiary/aromatic N) is 2. The van der Waals surface area contributed by atoms with Gasteiger partial charge >= 0.3 is 0 Å². The number of rotatable bonds is 6. The smallest absolute Gasteiger partial charge is 0.277 e. The largest absolute Gasteiger partial charge is 0.484 e. The van der Waals surface area contributed by atoms with E-state index in [0.717, 1.165) is 22.5 Å². The number of carbonyl (C=O) groups excluding carboxylic acids is 1. The molecular weight excluding hydrogens is 350 g/mol. The maximum absolute atomic E-state index is 12.0. The van der Waals surface area contributed by atoms with Crippen LogP contribution in [0.4, 0.5) is 0 Å². The summed E-state index contributed by atoms with van der Waals surface area (Å²) in [5, 5.41) is 4.18. The fourth-order valence-electron chi connectivity index (χ4n) is 2.95. The second kappa shape index (κ2) is 8.57. The lowest BCUT2D eigenvalue weighted by molar-refractivity contribution is -0.123. The second-order valence-corrected chi connectivity index (χ2v) is 6.83. The molecule has 1 N–H and O–H groups in total. The van der Waals surface area contributed by atoms with Crippen molar-refractivity contribution in [1.29, 1.82) is 0 Å². The van der Waals surface area contributed by atoms with Gasteiger partial charge in [0.25, 0.3) is 5.91 Å². The third-order valence-electron chi connectivity index (χ3n) is 4.55. The Kier molecular flexibility index (Phi) is 5.94. The number of aryl methyl sites for hydroxylation is 3. The van der Waals surface area contributed by atoms with Crippen molar-refractivity contribution in [1.82, 2.24) is 9.99 Å². The summed E-state index contributed by atoms with van der Waals surface area (Å²) in [7, 11) is 0. The summed E-state index contributed by atoms with van der Waals surface area (Å²) in [5.41, 5.74) is 8.85. The van der Waals surface area contributed by atoms with Gasteiger partial charge in [-0.05, 0) is 69.7 Å². The fourth-order valence-corrected chi connectivity index (χ4v) is 2.95. The lowest BCUT2D eigenvalue weighted by Crippen LogP contribution is -2.25. The number of amides is 1. The summed E-state index contributed by atoms with van der Waals surface area (Å²) < 4.78 is 7.65. The summed E-state index contributed by atoms with van der Waals surface area (Å²) >= 11 is 0. The molecule has 5 heteroatoms. The van der Waals surface area contributed by atoms with Crippen LogP contribution in [0.15, 0.2) is 65.8 Å². The minimum Gasteiger partial charge on any atom is -0.484 e. The molecule has 0 aliphatic rings. The van der Waals surface area contributed by atoms with Crippen LogP contribution in [-0.4, -0.2) is 22.8 Å². The first-order chi connectivity index (χ1) is 13.4. The van der Waals surface area contributed by atoms with Crippen molar-refractivity contribution in [2.24, 2.45) is 5.10 Å². The van der Waals surface area contributed by atoms with Gasteiger partial charge < -0.3 is 9.30 Å². The normalized spacial score (nSPS) is 11.4. The van der Waals surface area contributed by atoms with Gasteiger partial charge in [0.15, 0.2) is 6.61 Å². The lowest BCUT2D eigenvalue weighted by Gasteiger charge is -2.10. The van der Waals surface area contributed by atoms with Crippen molar-refractivity contribution in [3.63, 3.8) is 0 Å². The van der Waals surface area contributed by atoms with E-state index in [1.54, 1.807) is 0 Å². The van der Waals surface area contributed by atoms with Gasteiger partial charge in [-0.25, -0.2) is 5.43 Å². The Morgan fingerprint density at radius 3 is 2.14 bits per heavy atom. The summed E-state index contributed by atoms with van der Waals surface area (Å²) in [6, 6.07) is 19.9. The van der Waals surface area contributed by atoms with E-state index in [9.17, 15) is 4.79 Å². The molecule has 0 saturated heterocycles. The van der Waals surface area contributed by atoms with E-state index in [0.29, 0.717) is 5.75 Å². The molecule has 1 heterocycles. The molecule has 0 bridgehead atoms. The summed E-state index contributed by atoms with van der Waals surface area (Å²) in [6.07, 6.45) is 0. The third kappa shape index (κ3) is 4.68. The van der Waals surface area contributed by atoms with Gasteiger partial charge in [0.2, 0.25) is 0 Å². The standard InChI is InChI=1S/C23H25N3O2/c1-16-5-13-22(14-6-16)28-15-23(27)25-24-19(4)20-9-11-21(12-10-20)26-17(2)7-8-18(26)3/h5-14H,15H2,1-4H3,(H,25,27)/b24-19+. The van der Waals surface area contributed by atoms with Gasteiger partial charge in [-0.15, -0.1) is 0 Å². The summed E-state index contributed by atoms with van der Waals surface area (Å²) in [4.78, 5) is 12.0. The predicted octanol–water partition coefficient (Wildman–Crippen LogP) is 4.32. The van der Waals surface area contributed by atoms with Gasteiger partial charge in [0.1, 0.15) is 5.75 Å². The SMILES string of the molecule is C/C(=N\NC(=O)COc1ccc(C)cc1)c1ccc(-n2c(C)ccc2C)cc1. The first-order valence-corrected chi connectivity index (χ1v) is 9.22. The Balaban J connectivity index is 1.58. The van der Waals surface area contributed by atoms with Crippen molar-refractivity contribution in [2.45, 2.75) is 27.7 Å². The van der Waals surface area contributed by atoms with Crippen LogP contribution in [0.1, 0.15) is 29.4 Å². The average Bonchev–Trinajstić information content (AvgIpc) is 3.04. The molecule has 3 aromatic rings. The highest BCUT2D eigenvalue weighted by atomic mass is 16.5. The number of aromatic nitrogens is 1. The second-order valence-electron chi connectivity index (χ2n) is 6.83. The molecule has 144 valence electrons. The molecular formula is C23H25N3O2. The van der Waals surface area contributed by atoms with Crippen LogP contribution in [0.2, 0.25) is 0 Å². The number of hydrazone groups is 1. The zero-order chi connectivity index (χ0) is 20.1. The Morgan fingerprint density at radius 2 is 1.54 bits per heavy atom. The molecule has 0 unspecified atom stereocenters. The van der Waals surface area contributed by atoms with Gasteiger partial charge in [-0.3, -0.25) is 4.79 Å². The van der Waals surface area contributed by atoms with Crippen LogP contribution in [0.25, 0.3) is 5.69 Å². The molecule has 0 aliphatic heterocycles. The van der Waals surface area contributed by atoms with Gasteiger partial charge in [0, 0.05) is 17.1 Å². The van der Waals surface area contributed by atoms with Gasteiger partial charge in [-0.1, -0.05) is 29.8 Å². The van der Waals surface area contributed by atoms with Crippen LogP contribution in [0.3, 0.4) is 0 Å². The molecule has 28 heavy (non-hydrogen) atoms. The lowest BCUT2D eigenvalue weighted by atomic mass is 10.1. The molecule has 3 rings (SSSR count). The van der Waals surface area contributed by atoms with E-state index in [2.05, 4.69) is 53.2 Å². The van der Waals surface area contributed by atoms with Crippen LogP contribution >= 0.6 is 0 Å². The molecule has 0 saturated carbocycles. The molecule has 0 radical (unpaired) electrons. The Morgan fingerprint density at radius 1 is 0.929 bits per heavy atom. The molecule has 1 aromatic heterocycles. The van der Waals surface area contributed by atoms with Crippen LogP contribution in [0.5, 0.6) is 5.75 Å². The van der Waals surface area contributed by atoms with Crippen molar-refractivity contribution >= 4 is 11.6 Å². The van der Waals surface area contributed by atoms with Crippen molar-refractivity contribution < 1.29 is 9.53 Å². The number of carbonyl (C=O) groups is 1. The maximum Gasteiger partial charge on any atom is 0.277 e. The summed E-state index contributed by atoms with van der Waals surface area (Å²) in [6.45, 7) is 7.96. The average molecular weight is 375 g/mol. The highest BCUT2D eigenvalue weighted by molar-refractivity contribution is 5.99. The zero-order valence-electron chi connectivity index (χ0n) is 16.7. The fraction of sp³-hybridized carbons (Fsp3) is 0.217. The van der Waals surface area contributed by atoms with Crippen molar-refractivity contribution in [3.05, 3.63) is 83.2 Å². The van der Waals surface area contributed by atoms with Gasteiger partial charge in [-0.2, -0.15) is 5.10 Å². The number of hydrogen-bond acceptors (Lipinski definition) is 3. The van der Waals surface area contributed by atoms with E-state index in [4.69, 9.17) is 4.74 Å². The molecule has 2 aromatic carbocycles. The molecule has 5 nitrogen and oxygen atoms in total. The first-order valence-electron chi connectivity index (χ1n) is 9.22. The van der Waals surface area contributed by atoms with Crippen LogP contribution in [0, 0.1) is 20.8 Å². The van der Waals surface area contributed by atoms with Crippen molar-refractivity contribution in [3.8, 4) is 11.4 Å². The molecule has 0 atom stereocenters. The summed E-state index contributed by atoms with van der Waals surface area (Å²) in [5.74, 6) is 0.364. The Hall–Kier alpha value is -3.34. The monoisotopic (exact) mass is 375 g/mol. The van der Waals surface area contributed by atoms with E-state index in [1.165, 1.54) is 11.4 Å². The van der Waals surface area contributed by atoms with E-state index in [1.807, 2.05) is 50.2 Å². The van der Waals surface area contributed by atoms with Crippen molar-refractivity contribution in [2.75, 3.05) is 6.61 Å². The molecule has 0 spiro atoms. The highest BCUT2D eigenvalue weighted by Crippen LogP contribution is 2.17. The predicted molar refractivity (Wildman–Crippen MR) is 112 cm³/mol. The van der Waals surface area contributed by atoms with E-state index in [-0.39, 0.29) is 12.5 Å². The topological polar surface area (TPSA) is 55.6 Å².